The van der Waals surface area contributed by atoms with Crippen molar-refractivity contribution in [2.75, 3.05) is 78.0 Å². The highest BCUT2D eigenvalue weighted by Gasteiger charge is 2.48. The zero-order valence-electron chi connectivity index (χ0n) is 45.8. The third-order valence-corrected chi connectivity index (χ3v) is 16.7. The SMILES string of the molecule is CCn1c(-c2cc(N3CCN(CC(F)(F)F)CC3)cnc2[C@H](C)OC)c2c3cc(c(F)cc31)-c1csc(n1)C[C@H](NC(=O)[C@H](C(C)C)N(C)C(=O)C1(F)CCN(C(=O)[C@H](F)Cl)CC1)C(O)N1CCC[C@H](N1)C(=O)OCC(C)(C)C2. The molecule has 4 aliphatic rings. The van der Waals surface area contributed by atoms with E-state index in [9.17, 15) is 41.8 Å². The zero-order valence-corrected chi connectivity index (χ0v) is 47.3. The zero-order chi connectivity index (χ0) is 57.5. The number of piperazine rings is 1. The summed E-state index contributed by atoms with van der Waals surface area (Å²) in [6.45, 7) is 11.1. The number of aromatic nitrogens is 3. The average Bonchev–Trinajstić information content (AvgIpc) is 4.19. The summed E-state index contributed by atoms with van der Waals surface area (Å²) in [5.41, 5.74) is 2.05. The highest BCUT2D eigenvalue weighted by Crippen LogP contribution is 2.44. The first-order chi connectivity index (χ1) is 37.2. The van der Waals surface area contributed by atoms with Crippen LogP contribution in [0.5, 0.6) is 0 Å². The molecule has 0 aliphatic carbocycles. The van der Waals surface area contributed by atoms with Crippen molar-refractivity contribution in [1.82, 2.24) is 45.0 Å². The molecule has 7 heterocycles. The number of aryl methyl sites for hydroxylation is 1. The maximum Gasteiger partial charge on any atom is 0.401 e. The van der Waals surface area contributed by atoms with Gasteiger partial charge in [-0.25, -0.2) is 28.6 Å². The summed E-state index contributed by atoms with van der Waals surface area (Å²) < 4.78 is 101. The Hall–Kier alpha value is -5.11. The molecule has 8 rings (SSSR count). The summed E-state index contributed by atoms with van der Waals surface area (Å²) in [4.78, 5) is 70.1. The monoisotopic (exact) mass is 1150 g/mol. The smallest absolute Gasteiger partial charge is 0.401 e. The number of alkyl halides is 6. The number of cyclic esters (lactones) is 1. The normalized spacial score (nSPS) is 23.4. The molecular weight excluding hydrogens is 1080 g/mol. The van der Waals surface area contributed by atoms with Crippen LogP contribution in [0.4, 0.5) is 32.0 Å². The molecule has 7 atom stereocenters. The Morgan fingerprint density at radius 1 is 1.06 bits per heavy atom. The minimum absolute atomic E-state index is 0.0559. The molecule has 0 saturated carbocycles. The van der Waals surface area contributed by atoms with E-state index in [4.69, 9.17) is 31.0 Å². The first-order valence-electron chi connectivity index (χ1n) is 26.8. The highest BCUT2D eigenvalue weighted by atomic mass is 35.5. The molecule has 2 unspecified atom stereocenters. The number of carbonyl (C=O) groups is 4. The minimum Gasteiger partial charge on any atom is -0.464 e. The second-order valence-corrected chi connectivity index (χ2v) is 23.7. The van der Waals surface area contributed by atoms with E-state index in [2.05, 4.69) is 10.7 Å². The van der Waals surface area contributed by atoms with Gasteiger partial charge in [0.2, 0.25) is 5.91 Å². The molecule has 3 aromatic heterocycles. The number of hydrogen-bond donors (Lipinski definition) is 3. The molecule has 3 fully saturated rings. The molecule has 3 saturated heterocycles. The molecule has 4 aromatic rings. The van der Waals surface area contributed by atoms with Crippen molar-refractivity contribution >= 4 is 63.2 Å². The summed E-state index contributed by atoms with van der Waals surface area (Å²) in [5.74, 6) is -4.51. The lowest BCUT2D eigenvalue weighted by Crippen LogP contribution is -2.64. The number of methoxy groups -OCH3 is 1. The molecule has 6 bridgehead atoms. The van der Waals surface area contributed by atoms with Crippen molar-refractivity contribution in [2.45, 2.75) is 135 Å². The summed E-state index contributed by atoms with van der Waals surface area (Å²) in [7, 11) is 2.87. The predicted molar refractivity (Wildman–Crippen MR) is 287 cm³/mol. The van der Waals surface area contributed by atoms with Crippen LogP contribution in [0.1, 0.15) is 89.6 Å². The van der Waals surface area contributed by atoms with Gasteiger partial charge in [-0.15, -0.1) is 11.3 Å². The van der Waals surface area contributed by atoms with Crippen LogP contribution in [-0.2, 0) is 48.0 Å². The van der Waals surface area contributed by atoms with Gasteiger partial charge in [-0.05, 0) is 62.8 Å². The second-order valence-electron chi connectivity index (χ2n) is 22.3. The van der Waals surface area contributed by atoms with Crippen molar-refractivity contribution < 1.29 is 60.1 Å². The lowest BCUT2D eigenvalue weighted by molar-refractivity contribution is -0.158. The summed E-state index contributed by atoms with van der Waals surface area (Å²) >= 11 is 6.52. The third-order valence-electron chi connectivity index (χ3n) is 15.7. The van der Waals surface area contributed by atoms with Crippen molar-refractivity contribution in [3.05, 3.63) is 51.9 Å². The number of ether oxygens (including phenoxy) is 2. The van der Waals surface area contributed by atoms with Crippen LogP contribution in [0, 0.1) is 17.2 Å². The molecule has 17 nitrogen and oxygen atoms in total. The average molecular weight is 1150 g/mol. The molecule has 3 N–H and O–H groups in total. The number of fused-ring (bicyclic) bond motifs is 6. The van der Waals surface area contributed by atoms with Gasteiger partial charge in [-0.1, -0.05) is 39.3 Å². The van der Waals surface area contributed by atoms with E-state index in [-0.39, 0.29) is 57.0 Å². The maximum atomic E-state index is 17.0. The van der Waals surface area contributed by atoms with Gasteiger partial charge in [-0.2, -0.15) is 13.2 Å². The number of carbonyl (C=O) groups excluding carboxylic acids is 4. The number of amides is 3. The Balaban J connectivity index is 1.18. The molecule has 79 heavy (non-hydrogen) atoms. The van der Waals surface area contributed by atoms with E-state index in [1.165, 1.54) is 34.4 Å². The topological polar surface area (TPSA) is 178 Å². The van der Waals surface area contributed by atoms with Gasteiger partial charge < -0.3 is 39.2 Å². The van der Waals surface area contributed by atoms with Gasteiger partial charge in [0.25, 0.3) is 17.4 Å². The molecule has 0 spiro atoms. The minimum atomic E-state index is -4.33. The van der Waals surface area contributed by atoms with E-state index in [1.54, 1.807) is 38.6 Å². The number of benzene rings is 1. The van der Waals surface area contributed by atoms with Gasteiger partial charge in [0.15, 0.2) is 5.67 Å². The number of pyridine rings is 1. The fourth-order valence-corrected chi connectivity index (χ4v) is 12.4. The summed E-state index contributed by atoms with van der Waals surface area (Å²) in [5, 5.41) is 19.3. The number of hydrogen-bond acceptors (Lipinski definition) is 14. The lowest BCUT2D eigenvalue weighted by atomic mass is 9.84. The fraction of sp³-hybridized carbons (Fsp3) is 0.630. The number of esters is 1. The van der Waals surface area contributed by atoms with Crippen LogP contribution in [0.25, 0.3) is 33.4 Å². The molecule has 25 heteroatoms. The quantitative estimate of drug-likeness (QED) is 0.0740. The van der Waals surface area contributed by atoms with Crippen LogP contribution >= 0.6 is 22.9 Å². The fourth-order valence-electron chi connectivity index (χ4n) is 11.4. The molecule has 434 valence electrons. The third kappa shape index (κ3) is 13.2. The van der Waals surface area contributed by atoms with Crippen molar-refractivity contribution in [3.63, 3.8) is 0 Å². The van der Waals surface area contributed by atoms with Crippen LogP contribution in [0.15, 0.2) is 29.8 Å². The van der Waals surface area contributed by atoms with Crippen LogP contribution in [0.3, 0.4) is 0 Å². The number of nitrogens with zero attached hydrogens (tertiary/aromatic N) is 8. The lowest BCUT2D eigenvalue weighted by Gasteiger charge is -2.41. The Bertz CT molecular complexity index is 2870. The standard InChI is InChI=1S/C54H71ClF6N10O7S/c1-9-70-41-23-37(56)34-22-33(41)36(45(70)35-21-32(26-62-43(35)31(4)77-8)68-19-17-67(18-20-68)28-54(59,60)61)25-52(5,6)29-78-50(75)38-11-10-14-71(65-38)48(73)39(24-42-63-40(34)27-79-42)64-47(72)44(30(2)3)66(7)51(76)53(58)12-15-69(16-13-53)49(74)46(55)57/h21-23,26-27,30-31,38-39,44,46,48,65,73H,9-20,24-25,28-29H2,1-8H3,(H,64,72)/t31-,38-,39-,44-,46-,48?/m0/s1. The van der Waals surface area contributed by atoms with E-state index < -0.39 is 108 Å². The van der Waals surface area contributed by atoms with Gasteiger partial charge in [0.05, 0.1) is 64.8 Å². The number of hydrazine groups is 1. The number of likely N-dealkylation sites (N-methyl/N-ethyl adjacent to an activating group) is 1. The largest absolute Gasteiger partial charge is 0.464 e. The Morgan fingerprint density at radius 3 is 2.39 bits per heavy atom. The summed E-state index contributed by atoms with van der Waals surface area (Å²) in [6, 6.07) is 1.84. The number of anilines is 1. The molecule has 0 radical (unpaired) electrons. The van der Waals surface area contributed by atoms with Crippen molar-refractivity contribution in [1.29, 1.82) is 0 Å². The van der Waals surface area contributed by atoms with Gasteiger partial charge in [0, 0.05) is 113 Å². The first-order valence-corrected chi connectivity index (χ1v) is 28.1. The Morgan fingerprint density at radius 2 is 1.76 bits per heavy atom. The molecule has 1 aromatic carbocycles. The number of rotatable bonds is 12. The van der Waals surface area contributed by atoms with Gasteiger partial charge in [0.1, 0.15) is 24.1 Å². The van der Waals surface area contributed by atoms with Gasteiger partial charge in [-0.3, -0.25) is 29.1 Å². The number of aliphatic hydroxyl groups is 1. The van der Waals surface area contributed by atoms with E-state index in [1.807, 2.05) is 43.2 Å². The van der Waals surface area contributed by atoms with Crippen LogP contribution in [0.2, 0.25) is 0 Å². The molecule has 4 aliphatic heterocycles. The van der Waals surface area contributed by atoms with Crippen molar-refractivity contribution in [3.8, 4) is 22.5 Å². The highest BCUT2D eigenvalue weighted by molar-refractivity contribution is 7.10. The molecular formula is C54H71ClF6N10O7S. The number of piperidine rings is 1. The van der Waals surface area contributed by atoms with E-state index in [0.717, 1.165) is 21.1 Å². The number of nitrogens with one attached hydrogen (secondary N) is 2. The maximum absolute atomic E-state index is 17.0. The Labute approximate surface area is 464 Å². The number of halogens is 7. The van der Waals surface area contributed by atoms with Crippen LogP contribution < -0.4 is 15.6 Å². The molecule has 3 amide bonds. The Kier molecular flexibility index (Phi) is 18.3. The number of likely N-dealkylation sites (tertiary alicyclic amines) is 1. The summed E-state index contributed by atoms with van der Waals surface area (Å²) in [6.07, 6.45) is -4.55. The van der Waals surface area contributed by atoms with Crippen molar-refractivity contribution in [2.24, 2.45) is 11.3 Å². The van der Waals surface area contributed by atoms with Crippen LogP contribution in [-0.4, -0.2) is 178 Å². The predicted octanol–water partition coefficient (Wildman–Crippen LogP) is 7.17. The number of aliphatic hydroxyl groups excluding tert-OH is 1. The van der Waals surface area contributed by atoms with Gasteiger partial charge >= 0.3 is 12.1 Å². The first kappa shape index (κ1) is 60.0. The van der Waals surface area contributed by atoms with E-state index >= 15 is 8.78 Å². The van der Waals surface area contributed by atoms with E-state index in [0.29, 0.717) is 71.8 Å². The second kappa shape index (κ2) is 24.2. The number of thiazole rings is 1.